The lowest BCUT2D eigenvalue weighted by Gasteiger charge is -2.05. The Labute approximate surface area is 282 Å². The minimum Gasteiger partial charge on any atom is -0.396 e. The molecule has 0 aliphatic carbocycles. The summed E-state index contributed by atoms with van der Waals surface area (Å²) in [5, 5.41) is 8.79. The highest BCUT2D eigenvalue weighted by molar-refractivity contribution is 7.46. The quantitative estimate of drug-likeness (QED) is 0.0450. The third kappa shape index (κ3) is 44.1. The SMILES string of the molecule is O=P(O)(O)OCCCCCCCCCCCCCCCCCCCCCCCCCCCCCCCCCCCCCCCO. The van der Waals surface area contributed by atoms with Crippen LogP contribution in [-0.4, -0.2) is 28.1 Å². The molecule has 5 nitrogen and oxygen atoms in total. The van der Waals surface area contributed by atoms with Gasteiger partial charge in [-0.15, -0.1) is 0 Å². The standard InChI is InChI=1S/C39H81O5P/c40-38-36-34-32-30-28-26-24-22-20-18-16-14-12-10-8-6-4-2-1-3-5-7-9-11-13-15-17-19-21-23-25-27-29-31-33-35-37-39-44-45(41,42)43/h40H,1-39H2,(H2,41,42,43). The van der Waals surface area contributed by atoms with Crippen LogP contribution in [0.15, 0.2) is 0 Å². The molecule has 0 saturated carbocycles. The molecule has 3 N–H and O–H groups in total. The van der Waals surface area contributed by atoms with Crippen molar-refractivity contribution in [3.8, 4) is 0 Å². The maximum Gasteiger partial charge on any atom is 0.469 e. The minimum absolute atomic E-state index is 0.168. The molecule has 0 radical (unpaired) electrons. The van der Waals surface area contributed by atoms with Crippen molar-refractivity contribution in [3.63, 3.8) is 0 Å². The molecular formula is C39H81O5P. The van der Waals surface area contributed by atoms with Gasteiger partial charge in [0.05, 0.1) is 6.61 Å². The van der Waals surface area contributed by atoms with Crippen molar-refractivity contribution in [2.45, 2.75) is 238 Å². The predicted octanol–water partition coefficient (Wildman–Crippen LogP) is 13.5. The maximum atomic E-state index is 10.6. The van der Waals surface area contributed by atoms with Crippen molar-refractivity contribution in [1.29, 1.82) is 0 Å². The molecule has 6 heteroatoms. The Hall–Kier alpha value is 0.0700. The molecule has 0 bridgehead atoms. The first-order valence-electron chi connectivity index (χ1n) is 20.4. The van der Waals surface area contributed by atoms with Gasteiger partial charge in [-0.25, -0.2) is 4.57 Å². The van der Waals surface area contributed by atoms with Gasteiger partial charge in [0.1, 0.15) is 0 Å². The minimum atomic E-state index is -4.27. The predicted molar refractivity (Wildman–Crippen MR) is 196 cm³/mol. The van der Waals surface area contributed by atoms with Crippen LogP contribution in [0.25, 0.3) is 0 Å². The Balaban J connectivity index is 3.05. The Morgan fingerprint density at radius 2 is 0.444 bits per heavy atom. The third-order valence-electron chi connectivity index (χ3n) is 9.56. The van der Waals surface area contributed by atoms with E-state index in [4.69, 9.17) is 14.9 Å². The van der Waals surface area contributed by atoms with Crippen LogP contribution in [0.5, 0.6) is 0 Å². The number of hydrogen-bond donors (Lipinski definition) is 3. The third-order valence-corrected chi connectivity index (χ3v) is 10.1. The van der Waals surface area contributed by atoms with Crippen LogP contribution in [0.2, 0.25) is 0 Å². The second kappa shape index (κ2) is 38.5. The summed E-state index contributed by atoms with van der Waals surface area (Å²) in [6, 6.07) is 0. The van der Waals surface area contributed by atoms with Gasteiger partial charge in [0.15, 0.2) is 0 Å². The second-order valence-corrected chi connectivity index (χ2v) is 15.4. The monoisotopic (exact) mass is 661 g/mol. The smallest absolute Gasteiger partial charge is 0.396 e. The first-order valence-corrected chi connectivity index (χ1v) is 21.9. The van der Waals surface area contributed by atoms with E-state index in [1.54, 1.807) is 0 Å². The number of aliphatic hydroxyl groups is 1. The molecule has 0 aromatic carbocycles. The van der Waals surface area contributed by atoms with Crippen LogP contribution < -0.4 is 0 Å². The van der Waals surface area contributed by atoms with E-state index >= 15 is 0 Å². The summed E-state index contributed by atoms with van der Waals surface area (Å²) in [7, 11) is -4.27. The zero-order valence-corrected chi connectivity index (χ0v) is 31.1. The van der Waals surface area contributed by atoms with Crippen molar-refractivity contribution in [3.05, 3.63) is 0 Å². The van der Waals surface area contributed by atoms with Gasteiger partial charge >= 0.3 is 7.82 Å². The molecule has 272 valence electrons. The first kappa shape index (κ1) is 45.1. The molecule has 0 aromatic heterocycles. The summed E-state index contributed by atoms with van der Waals surface area (Å²) in [5.74, 6) is 0. The van der Waals surface area contributed by atoms with E-state index < -0.39 is 7.82 Å². The number of unbranched alkanes of at least 4 members (excludes halogenated alkanes) is 36. The van der Waals surface area contributed by atoms with Crippen LogP contribution in [-0.2, 0) is 9.09 Å². The summed E-state index contributed by atoms with van der Waals surface area (Å²) in [6.07, 6.45) is 50.4. The Morgan fingerprint density at radius 1 is 0.289 bits per heavy atom. The molecule has 0 saturated heterocycles. The van der Waals surface area contributed by atoms with Gasteiger partial charge in [-0.3, -0.25) is 4.52 Å². The molecule has 0 amide bonds. The fraction of sp³-hybridized carbons (Fsp3) is 1.00. The highest BCUT2D eigenvalue weighted by atomic mass is 31.2. The average Bonchev–Trinajstić information content (AvgIpc) is 3.01. The number of phosphoric ester groups is 1. The van der Waals surface area contributed by atoms with Crippen molar-refractivity contribution < 1.29 is 24.0 Å². The van der Waals surface area contributed by atoms with E-state index in [-0.39, 0.29) is 6.61 Å². The highest BCUT2D eigenvalue weighted by Crippen LogP contribution is 2.35. The van der Waals surface area contributed by atoms with Gasteiger partial charge in [-0.1, -0.05) is 225 Å². The van der Waals surface area contributed by atoms with Gasteiger partial charge in [-0.2, -0.15) is 0 Å². The largest absolute Gasteiger partial charge is 0.469 e. The lowest BCUT2D eigenvalue weighted by molar-refractivity contribution is 0.193. The molecular weight excluding hydrogens is 579 g/mol. The summed E-state index contributed by atoms with van der Waals surface area (Å²) < 4.78 is 15.1. The lowest BCUT2D eigenvalue weighted by Crippen LogP contribution is -1.92. The molecule has 0 aliphatic heterocycles. The fourth-order valence-corrected chi connectivity index (χ4v) is 6.95. The van der Waals surface area contributed by atoms with Gasteiger partial charge in [0.25, 0.3) is 0 Å². The Morgan fingerprint density at radius 3 is 0.600 bits per heavy atom. The van der Waals surface area contributed by atoms with Crippen LogP contribution in [0, 0.1) is 0 Å². The van der Waals surface area contributed by atoms with Gasteiger partial charge in [-0.05, 0) is 12.8 Å². The molecule has 0 atom stereocenters. The van der Waals surface area contributed by atoms with E-state index in [2.05, 4.69) is 4.52 Å². The van der Waals surface area contributed by atoms with Crippen LogP contribution in [0.1, 0.15) is 238 Å². The summed E-state index contributed by atoms with van der Waals surface area (Å²) >= 11 is 0. The van der Waals surface area contributed by atoms with Crippen molar-refractivity contribution in [2.75, 3.05) is 13.2 Å². The second-order valence-electron chi connectivity index (χ2n) is 14.1. The summed E-state index contributed by atoms with van der Waals surface area (Å²) in [4.78, 5) is 17.3. The molecule has 0 aromatic rings. The summed E-state index contributed by atoms with van der Waals surface area (Å²) in [5.41, 5.74) is 0. The van der Waals surface area contributed by atoms with Gasteiger partial charge < -0.3 is 14.9 Å². The molecule has 45 heavy (non-hydrogen) atoms. The molecule has 0 unspecified atom stereocenters. The van der Waals surface area contributed by atoms with Crippen molar-refractivity contribution in [2.24, 2.45) is 0 Å². The Kier molecular flexibility index (Phi) is 38.6. The van der Waals surface area contributed by atoms with E-state index in [1.165, 1.54) is 212 Å². The van der Waals surface area contributed by atoms with Gasteiger partial charge in [0.2, 0.25) is 0 Å². The van der Waals surface area contributed by atoms with Crippen LogP contribution in [0.4, 0.5) is 0 Å². The first-order chi connectivity index (χ1) is 22.1. The van der Waals surface area contributed by atoms with Crippen LogP contribution in [0.3, 0.4) is 0 Å². The lowest BCUT2D eigenvalue weighted by atomic mass is 10.0. The van der Waals surface area contributed by atoms with E-state index in [9.17, 15) is 4.57 Å². The Bertz CT molecular complexity index is 582. The maximum absolute atomic E-state index is 10.6. The van der Waals surface area contributed by atoms with Crippen LogP contribution >= 0.6 is 7.82 Å². The van der Waals surface area contributed by atoms with Gasteiger partial charge in [0, 0.05) is 6.61 Å². The topological polar surface area (TPSA) is 87.0 Å². The van der Waals surface area contributed by atoms with E-state index in [0.717, 1.165) is 25.7 Å². The molecule has 0 rings (SSSR count). The van der Waals surface area contributed by atoms with Crippen molar-refractivity contribution >= 4 is 7.82 Å². The number of phosphoric acid groups is 1. The number of hydrogen-bond acceptors (Lipinski definition) is 3. The molecule has 0 fully saturated rings. The van der Waals surface area contributed by atoms with E-state index in [0.29, 0.717) is 6.61 Å². The molecule has 0 heterocycles. The normalized spacial score (nSPS) is 12.0. The number of rotatable bonds is 40. The number of aliphatic hydroxyl groups excluding tert-OH is 1. The summed E-state index contributed by atoms with van der Waals surface area (Å²) in [6.45, 7) is 0.534. The fourth-order valence-electron chi connectivity index (χ4n) is 6.58. The van der Waals surface area contributed by atoms with Crippen molar-refractivity contribution in [1.82, 2.24) is 0 Å². The molecule has 0 spiro atoms. The average molecular weight is 661 g/mol. The zero-order chi connectivity index (χ0) is 32.8. The van der Waals surface area contributed by atoms with E-state index in [1.807, 2.05) is 0 Å². The zero-order valence-electron chi connectivity index (χ0n) is 30.2. The highest BCUT2D eigenvalue weighted by Gasteiger charge is 2.12. The molecule has 0 aliphatic rings.